The van der Waals surface area contributed by atoms with Gasteiger partial charge in [-0.25, -0.2) is 9.78 Å². The number of hydrogen-bond acceptors (Lipinski definition) is 7. The molecular formula is C24H34N6O6. The van der Waals surface area contributed by atoms with E-state index in [0.717, 1.165) is 5.56 Å². The van der Waals surface area contributed by atoms with E-state index in [2.05, 4.69) is 25.9 Å². The second kappa shape index (κ2) is 14.0. The van der Waals surface area contributed by atoms with Crippen LogP contribution in [-0.2, 0) is 32.0 Å². The van der Waals surface area contributed by atoms with Crippen molar-refractivity contribution in [3.05, 3.63) is 54.1 Å². The number of carbonyl (C=O) groups is 4. The van der Waals surface area contributed by atoms with Crippen LogP contribution in [0.2, 0.25) is 0 Å². The molecule has 0 saturated carbocycles. The summed E-state index contributed by atoms with van der Waals surface area (Å²) in [5.74, 6) is -3.28. The number of carboxylic acids is 1. The van der Waals surface area contributed by atoms with Gasteiger partial charge in [0.05, 0.1) is 12.9 Å². The molecule has 1 aromatic heterocycles. The summed E-state index contributed by atoms with van der Waals surface area (Å²) in [6.45, 7) is 3.10. The van der Waals surface area contributed by atoms with E-state index in [1.807, 2.05) is 13.8 Å². The number of carbonyl (C=O) groups excluding carboxylic acids is 3. The van der Waals surface area contributed by atoms with Gasteiger partial charge in [-0.2, -0.15) is 0 Å². The van der Waals surface area contributed by atoms with Gasteiger partial charge in [0, 0.05) is 24.7 Å². The van der Waals surface area contributed by atoms with Crippen LogP contribution in [0.3, 0.4) is 0 Å². The molecule has 2 rings (SSSR count). The van der Waals surface area contributed by atoms with Gasteiger partial charge in [0.1, 0.15) is 24.2 Å². The summed E-state index contributed by atoms with van der Waals surface area (Å²) < 4.78 is 0. The van der Waals surface area contributed by atoms with Crippen LogP contribution in [-0.4, -0.2) is 74.6 Å². The summed E-state index contributed by atoms with van der Waals surface area (Å²) >= 11 is 0. The van der Waals surface area contributed by atoms with E-state index in [4.69, 9.17) is 10.8 Å². The van der Waals surface area contributed by atoms with E-state index >= 15 is 0 Å². The Labute approximate surface area is 209 Å². The minimum absolute atomic E-state index is 0.0121. The molecule has 0 saturated heterocycles. The van der Waals surface area contributed by atoms with Gasteiger partial charge in [-0.3, -0.25) is 14.4 Å². The lowest BCUT2D eigenvalue weighted by atomic mass is 10.0. The maximum absolute atomic E-state index is 13.2. The number of H-pyrrole nitrogens is 1. The molecule has 8 N–H and O–H groups in total. The Morgan fingerprint density at radius 3 is 2.11 bits per heavy atom. The highest BCUT2D eigenvalue weighted by atomic mass is 16.4. The zero-order valence-corrected chi connectivity index (χ0v) is 20.3. The fourth-order valence-corrected chi connectivity index (χ4v) is 3.48. The molecule has 1 heterocycles. The summed E-state index contributed by atoms with van der Waals surface area (Å²) in [6, 6.07) is 4.26. The normalized spacial score (nSPS) is 14.4. The van der Waals surface area contributed by atoms with E-state index in [1.54, 1.807) is 30.3 Å². The number of aliphatic hydroxyl groups is 1. The summed E-state index contributed by atoms with van der Waals surface area (Å²) in [5, 5.41) is 26.4. The summed E-state index contributed by atoms with van der Waals surface area (Å²) in [6.07, 6.45) is 3.23. The first-order valence-electron chi connectivity index (χ1n) is 11.6. The highest BCUT2D eigenvalue weighted by molar-refractivity contribution is 5.94. The smallest absolute Gasteiger partial charge is 0.326 e. The Kier molecular flexibility index (Phi) is 11.0. The van der Waals surface area contributed by atoms with E-state index in [9.17, 15) is 24.3 Å². The van der Waals surface area contributed by atoms with Crippen molar-refractivity contribution in [1.29, 1.82) is 0 Å². The predicted octanol–water partition coefficient (Wildman–Crippen LogP) is -0.900. The Bertz CT molecular complexity index is 998. The number of carboxylic acid groups (broad SMARTS) is 1. The van der Waals surface area contributed by atoms with Gasteiger partial charge in [-0.05, 0) is 17.9 Å². The number of nitrogens with one attached hydrogen (secondary N) is 4. The number of benzene rings is 1. The molecule has 196 valence electrons. The number of nitrogens with two attached hydrogens (primary N) is 1. The van der Waals surface area contributed by atoms with E-state index < -0.39 is 54.5 Å². The molecule has 0 spiro atoms. The highest BCUT2D eigenvalue weighted by Gasteiger charge is 2.31. The molecule has 3 amide bonds. The summed E-state index contributed by atoms with van der Waals surface area (Å²) in [5.41, 5.74) is 6.85. The highest BCUT2D eigenvalue weighted by Crippen LogP contribution is 2.09. The molecule has 0 aliphatic rings. The third-order valence-electron chi connectivity index (χ3n) is 5.38. The van der Waals surface area contributed by atoms with Crippen LogP contribution < -0.4 is 21.7 Å². The summed E-state index contributed by atoms with van der Waals surface area (Å²) in [4.78, 5) is 57.1. The zero-order chi connectivity index (χ0) is 26.7. The van der Waals surface area contributed by atoms with Crippen LogP contribution in [0, 0.1) is 5.92 Å². The fraction of sp³-hybridized carbons (Fsp3) is 0.458. The molecule has 2 aromatic rings. The van der Waals surface area contributed by atoms with Crippen LogP contribution in [0.15, 0.2) is 42.9 Å². The van der Waals surface area contributed by atoms with Crippen molar-refractivity contribution in [2.45, 2.75) is 57.3 Å². The number of aliphatic hydroxyl groups excluding tert-OH is 1. The minimum atomic E-state index is -1.23. The number of amides is 3. The third kappa shape index (κ3) is 9.12. The van der Waals surface area contributed by atoms with Crippen LogP contribution in [0.4, 0.5) is 0 Å². The van der Waals surface area contributed by atoms with Crippen molar-refractivity contribution >= 4 is 23.7 Å². The van der Waals surface area contributed by atoms with Crippen molar-refractivity contribution in [2.75, 3.05) is 6.61 Å². The standard InChI is InChI=1S/C24H34N6O6/c1-14(2)8-18(22(33)30-20(24(35)36)9-15-6-4-3-5-7-15)29-23(34)19(10-16-11-26-13-27-16)28-21(32)17(25)12-31/h3-7,11,13-14,17-20,31H,8-10,12,25H2,1-2H3,(H,26,27)(H,28,32)(H,29,34)(H,30,33)(H,35,36). The van der Waals surface area contributed by atoms with Crippen LogP contribution in [0.1, 0.15) is 31.5 Å². The van der Waals surface area contributed by atoms with Crippen LogP contribution >= 0.6 is 0 Å². The number of hydrogen-bond donors (Lipinski definition) is 7. The monoisotopic (exact) mass is 502 g/mol. The van der Waals surface area contributed by atoms with Gasteiger partial charge in [-0.15, -0.1) is 0 Å². The molecule has 0 aliphatic heterocycles. The lowest BCUT2D eigenvalue weighted by Crippen LogP contribution is -2.58. The number of rotatable bonds is 14. The molecule has 0 aliphatic carbocycles. The van der Waals surface area contributed by atoms with E-state index in [-0.39, 0.29) is 25.2 Å². The quantitative estimate of drug-likeness (QED) is 0.172. The first-order valence-corrected chi connectivity index (χ1v) is 11.6. The third-order valence-corrected chi connectivity index (χ3v) is 5.38. The largest absolute Gasteiger partial charge is 0.480 e. The van der Waals surface area contributed by atoms with Gasteiger partial charge < -0.3 is 36.9 Å². The van der Waals surface area contributed by atoms with Crippen molar-refractivity contribution in [3.8, 4) is 0 Å². The van der Waals surface area contributed by atoms with E-state index in [0.29, 0.717) is 5.69 Å². The number of aliphatic carboxylic acids is 1. The average Bonchev–Trinajstić information content (AvgIpc) is 3.35. The van der Waals surface area contributed by atoms with Crippen molar-refractivity contribution in [2.24, 2.45) is 11.7 Å². The molecular weight excluding hydrogens is 468 g/mol. The van der Waals surface area contributed by atoms with Crippen molar-refractivity contribution in [3.63, 3.8) is 0 Å². The average molecular weight is 503 g/mol. The topological polar surface area (TPSA) is 200 Å². The van der Waals surface area contributed by atoms with Gasteiger partial charge in [0.2, 0.25) is 17.7 Å². The Hall–Kier alpha value is -3.77. The van der Waals surface area contributed by atoms with Crippen LogP contribution in [0.25, 0.3) is 0 Å². The molecule has 12 heteroatoms. The zero-order valence-electron chi connectivity index (χ0n) is 20.3. The van der Waals surface area contributed by atoms with Gasteiger partial charge in [0.25, 0.3) is 0 Å². The molecule has 0 bridgehead atoms. The Morgan fingerprint density at radius 1 is 0.944 bits per heavy atom. The molecule has 1 aromatic carbocycles. The Morgan fingerprint density at radius 2 is 1.56 bits per heavy atom. The maximum atomic E-state index is 13.2. The molecule has 12 nitrogen and oxygen atoms in total. The van der Waals surface area contributed by atoms with Gasteiger partial charge in [-0.1, -0.05) is 44.2 Å². The molecule has 0 radical (unpaired) electrons. The summed E-state index contributed by atoms with van der Waals surface area (Å²) in [7, 11) is 0. The lowest BCUT2D eigenvalue weighted by molar-refractivity contribution is -0.142. The van der Waals surface area contributed by atoms with Crippen LogP contribution in [0.5, 0.6) is 0 Å². The molecule has 4 unspecified atom stereocenters. The SMILES string of the molecule is CC(C)CC(NC(=O)C(Cc1cnc[nH]1)NC(=O)C(N)CO)C(=O)NC(Cc1ccccc1)C(=O)O. The number of imidazole rings is 1. The number of aromatic nitrogens is 2. The second-order valence-electron chi connectivity index (χ2n) is 8.91. The number of aromatic amines is 1. The minimum Gasteiger partial charge on any atom is -0.480 e. The maximum Gasteiger partial charge on any atom is 0.326 e. The Balaban J connectivity index is 2.17. The molecule has 0 fully saturated rings. The first-order chi connectivity index (χ1) is 17.1. The van der Waals surface area contributed by atoms with Crippen molar-refractivity contribution in [1.82, 2.24) is 25.9 Å². The number of nitrogens with zero attached hydrogens (tertiary/aromatic N) is 1. The molecule has 4 atom stereocenters. The van der Waals surface area contributed by atoms with Gasteiger partial charge >= 0.3 is 5.97 Å². The predicted molar refractivity (Wildman–Crippen MR) is 130 cm³/mol. The fourth-order valence-electron chi connectivity index (χ4n) is 3.48. The van der Waals surface area contributed by atoms with Crippen molar-refractivity contribution < 1.29 is 29.4 Å². The van der Waals surface area contributed by atoms with Gasteiger partial charge in [0.15, 0.2) is 0 Å². The first kappa shape index (κ1) is 28.5. The lowest BCUT2D eigenvalue weighted by Gasteiger charge is -2.26. The second-order valence-corrected chi connectivity index (χ2v) is 8.91. The molecule has 36 heavy (non-hydrogen) atoms. The van der Waals surface area contributed by atoms with E-state index in [1.165, 1.54) is 12.5 Å².